The van der Waals surface area contributed by atoms with E-state index in [0.717, 1.165) is 12.8 Å². The lowest BCUT2D eigenvalue weighted by Crippen LogP contribution is -2.36. The molecule has 0 fully saturated rings. The molecule has 1 aliphatic carbocycles. The molecule has 0 bridgehead atoms. The van der Waals surface area contributed by atoms with Gasteiger partial charge in [0.2, 0.25) is 0 Å². The second-order valence-electron chi connectivity index (χ2n) is 6.18. The highest BCUT2D eigenvalue weighted by molar-refractivity contribution is 5.96. The summed E-state index contributed by atoms with van der Waals surface area (Å²) >= 11 is 0. The van der Waals surface area contributed by atoms with Crippen LogP contribution >= 0.6 is 0 Å². The molecule has 166 valence electrons. The molecule has 0 radical (unpaired) electrons. The fourth-order valence-electron chi connectivity index (χ4n) is 2.93. The van der Waals surface area contributed by atoms with Crippen molar-refractivity contribution in [2.24, 2.45) is 0 Å². The number of carbonyl (C=O) groups is 2. The van der Waals surface area contributed by atoms with Gasteiger partial charge >= 0.3 is 0 Å². The molecule has 0 atom stereocenters. The summed E-state index contributed by atoms with van der Waals surface area (Å²) in [6, 6.07) is 9.34. The third-order valence-corrected chi connectivity index (χ3v) is 4.44. The summed E-state index contributed by atoms with van der Waals surface area (Å²) in [5.74, 6) is 0.0924. The fraction of sp³-hybridized carbons (Fsp3) is 0.462. The number of nitrogens with zero attached hydrogens (tertiary/aromatic N) is 2. The van der Waals surface area contributed by atoms with Crippen LogP contribution < -0.4 is 0 Å². The van der Waals surface area contributed by atoms with E-state index < -0.39 is 0 Å². The van der Waals surface area contributed by atoms with Crippen molar-refractivity contribution >= 4 is 11.8 Å². The third-order valence-electron chi connectivity index (χ3n) is 4.44. The van der Waals surface area contributed by atoms with Gasteiger partial charge in [0.25, 0.3) is 11.8 Å². The topological polar surface area (TPSA) is 40.6 Å². The van der Waals surface area contributed by atoms with Gasteiger partial charge in [-0.2, -0.15) is 0 Å². The maximum atomic E-state index is 12.7. The van der Waals surface area contributed by atoms with Crippen LogP contribution in [0.25, 0.3) is 0 Å². The Labute approximate surface area is 184 Å². The molecule has 0 N–H and O–H groups in total. The van der Waals surface area contributed by atoms with Gasteiger partial charge in [0.15, 0.2) is 0 Å². The van der Waals surface area contributed by atoms with E-state index in [1.807, 2.05) is 112 Å². The fourth-order valence-corrected chi connectivity index (χ4v) is 2.93. The first-order valence-corrected chi connectivity index (χ1v) is 11.3. The molecule has 2 amide bonds. The summed E-state index contributed by atoms with van der Waals surface area (Å²) in [6.07, 6.45) is 11.3. The van der Waals surface area contributed by atoms with Crippen molar-refractivity contribution in [1.82, 2.24) is 9.80 Å². The number of rotatable bonds is 8. The molecular formula is C26H40N2O2. The van der Waals surface area contributed by atoms with Crippen molar-refractivity contribution < 1.29 is 9.59 Å². The molecule has 4 nitrogen and oxygen atoms in total. The minimum absolute atomic E-state index is 0.0435. The quantitative estimate of drug-likeness (QED) is 0.535. The zero-order valence-electron chi connectivity index (χ0n) is 19.7. The predicted molar refractivity (Wildman–Crippen MR) is 129 cm³/mol. The number of hydrogen-bond acceptors (Lipinski definition) is 2. The Kier molecular flexibility index (Phi) is 15.7. The molecule has 1 aromatic rings. The molecule has 30 heavy (non-hydrogen) atoms. The van der Waals surface area contributed by atoms with E-state index >= 15 is 0 Å². The summed E-state index contributed by atoms with van der Waals surface area (Å²) in [4.78, 5) is 28.9. The SMILES string of the molecule is CC.CC.CCN(CCCN(CC)C(=O)c1ccccc1)C(=O)C1=CC=CCC=C1. The van der Waals surface area contributed by atoms with E-state index in [-0.39, 0.29) is 11.8 Å². The Morgan fingerprint density at radius 1 is 0.833 bits per heavy atom. The lowest BCUT2D eigenvalue weighted by atomic mass is 10.2. The highest BCUT2D eigenvalue weighted by Gasteiger charge is 2.17. The molecule has 0 unspecified atom stereocenters. The average Bonchev–Trinajstić information content (AvgIpc) is 3.11. The van der Waals surface area contributed by atoms with Crippen LogP contribution in [0.3, 0.4) is 0 Å². The number of allylic oxidation sites excluding steroid dienone is 4. The van der Waals surface area contributed by atoms with Crippen LogP contribution in [0.1, 0.15) is 64.7 Å². The summed E-state index contributed by atoms with van der Waals surface area (Å²) in [5.41, 5.74) is 1.42. The maximum absolute atomic E-state index is 12.7. The van der Waals surface area contributed by atoms with Crippen LogP contribution in [-0.4, -0.2) is 47.8 Å². The molecular weight excluding hydrogens is 372 g/mol. The third kappa shape index (κ3) is 9.25. The monoisotopic (exact) mass is 412 g/mol. The molecule has 0 aliphatic heterocycles. The van der Waals surface area contributed by atoms with Crippen molar-refractivity contribution in [1.29, 1.82) is 0 Å². The molecule has 2 rings (SSSR count). The molecule has 0 heterocycles. The second-order valence-corrected chi connectivity index (χ2v) is 6.18. The zero-order valence-corrected chi connectivity index (χ0v) is 19.7. The van der Waals surface area contributed by atoms with Gasteiger partial charge in [0.05, 0.1) is 0 Å². The smallest absolute Gasteiger partial charge is 0.253 e. The lowest BCUT2D eigenvalue weighted by molar-refractivity contribution is -0.126. The minimum Gasteiger partial charge on any atom is -0.339 e. The van der Waals surface area contributed by atoms with E-state index in [4.69, 9.17) is 0 Å². The van der Waals surface area contributed by atoms with Crippen LogP contribution in [-0.2, 0) is 4.79 Å². The Bertz CT molecular complexity index is 690. The summed E-state index contributed by atoms with van der Waals surface area (Å²) in [6.45, 7) is 14.6. The first-order chi connectivity index (χ1) is 14.7. The summed E-state index contributed by atoms with van der Waals surface area (Å²) in [5, 5.41) is 0. The standard InChI is InChI=1S/C22H28N2O2.2C2H6/c1-3-23(21(25)19-13-8-5-6-9-14-19)17-12-18-24(4-2)22(26)20-15-10-7-11-16-20;2*1-2/h5,7-11,13-16H,3-4,6,12,17-18H2,1-2H3;2*1-2H3. The summed E-state index contributed by atoms with van der Waals surface area (Å²) in [7, 11) is 0. The van der Waals surface area contributed by atoms with Gasteiger partial charge in [-0.3, -0.25) is 9.59 Å². The highest BCUT2D eigenvalue weighted by atomic mass is 16.2. The normalized spacial score (nSPS) is 11.7. The van der Waals surface area contributed by atoms with Crippen molar-refractivity contribution in [3.05, 3.63) is 71.8 Å². The number of likely N-dealkylation sites (N-methyl/N-ethyl adjacent to an activating group) is 1. The second kappa shape index (κ2) is 17.3. The van der Waals surface area contributed by atoms with E-state index in [0.29, 0.717) is 37.3 Å². The average molecular weight is 413 g/mol. The van der Waals surface area contributed by atoms with Crippen molar-refractivity contribution in [2.45, 2.75) is 54.4 Å². The predicted octanol–water partition coefficient (Wildman–Crippen LogP) is 5.88. The first-order valence-electron chi connectivity index (χ1n) is 11.3. The Balaban J connectivity index is 0.00000198. The van der Waals surface area contributed by atoms with E-state index in [1.54, 1.807) is 0 Å². The number of carbonyl (C=O) groups excluding carboxylic acids is 2. The number of amides is 2. The Morgan fingerprint density at radius 2 is 1.40 bits per heavy atom. The van der Waals surface area contributed by atoms with Crippen LogP contribution in [0.5, 0.6) is 0 Å². The summed E-state index contributed by atoms with van der Waals surface area (Å²) < 4.78 is 0. The largest absolute Gasteiger partial charge is 0.339 e. The van der Waals surface area contributed by atoms with Crippen LogP contribution in [0.4, 0.5) is 0 Å². The van der Waals surface area contributed by atoms with Gasteiger partial charge in [0.1, 0.15) is 0 Å². The number of benzene rings is 1. The van der Waals surface area contributed by atoms with E-state index in [1.165, 1.54) is 0 Å². The molecule has 4 heteroatoms. The minimum atomic E-state index is 0.0435. The van der Waals surface area contributed by atoms with Gasteiger partial charge < -0.3 is 9.80 Å². The van der Waals surface area contributed by atoms with Crippen molar-refractivity contribution in [2.75, 3.05) is 26.2 Å². The van der Waals surface area contributed by atoms with E-state index in [9.17, 15) is 9.59 Å². The van der Waals surface area contributed by atoms with Crippen molar-refractivity contribution in [3.8, 4) is 0 Å². The molecule has 0 spiro atoms. The Hall–Kier alpha value is -2.62. The molecule has 0 saturated carbocycles. The van der Waals surface area contributed by atoms with Crippen molar-refractivity contribution in [3.63, 3.8) is 0 Å². The van der Waals surface area contributed by atoms with E-state index in [2.05, 4.69) is 0 Å². The van der Waals surface area contributed by atoms with Gasteiger partial charge in [0, 0.05) is 37.3 Å². The maximum Gasteiger partial charge on any atom is 0.253 e. The number of hydrogen-bond donors (Lipinski definition) is 0. The highest BCUT2D eigenvalue weighted by Crippen LogP contribution is 2.10. The Morgan fingerprint density at radius 3 is 1.97 bits per heavy atom. The van der Waals surface area contributed by atoms with Gasteiger partial charge in [-0.25, -0.2) is 0 Å². The van der Waals surface area contributed by atoms with Crippen LogP contribution in [0, 0.1) is 0 Å². The van der Waals surface area contributed by atoms with Gasteiger partial charge in [-0.05, 0) is 44.9 Å². The van der Waals surface area contributed by atoms with Crippen LogP contribution in [0.15, 0.2) is 66.3 Å². The molecule has 0 aromatic heterocycles. The zero-order chi connectivity index (χ0) is 22.8. The molecule has 1 aromatic carbocycles. The van der Waals surface area contributed by atoms with Gasteiger partial charge in [-0.15, -0.1) is 0 Å². The molecule has 0 saturated heterocycles. The lowest BCUT2D eigenvalue weighted by Gasteiger charge is -2.25. The molecule has 1 aliphatic rings. The van der Waals surface area contributed by atoms with Gasteiger partial charge in [-0.1, -0.05) is 70.2 Å². The first kappa shape index (κ1) is 27.4. The van der Waals surface area contributed by atoms with Crippen LogP contribution in [0.2, 0.25) is 0 Å².